The van der Waals surface area contributed by atoms with Crippen molar-refractivity contribution in [3.8, 4) is 0 Å². The molecule has 2 N–H and O–H groups in total. The highest BCUT2D eigenvalue weighted by atomic mass is 32.5. The Morgan fingerprint density at radius 3 is 1.81 bits per heavy atom. The van der Waals surface area contributed by atoms with Crippen LogP contribution < -0.4 is 0 Å². The van der Waals surface area contributed by atoms with Gasteiger partial charge in [-0.15, -0.1) is 0 Å². The Labute approximate surface area is 136 Å². The van der Waals surface area contributed by atoms with Crippen molar-refractivity contribution < 1.29 is 14.3 Å². The molecule has 0 rings (SSSR count). The number of hydrogen-bond donors (Lipinski definition) is 2. The number of unbranched alkanes of at least 4 members (excludes halogenated alkanes) is 10. The van der Waals surface area contributed by atoms with Gasteiger partial charge in [0.25, 0.3) is 0 Å². The van der Waals surface area contributed by atoms with E-state index in [4.69, 9.17) is 14.3 Å². The fourth-order valence-electron chi connectivity index (χ4n) is 2.18. The Morgan fingerprint density at radius 2 is 1.29 bits per heavy atom. The number of allylic oxidation sites excluding steroid dienone is 2. The molecule has 0 aromatic carbocycles. The third-order valence-electron chi connectivity index (χ3n) is 3.42. The predicted molar refractivity (Wildman–Crippen MR) is 94.9 cm³/mol. The minimum atomic E-state index is -3.43. The highest BCUT2D eigenvalue weighted by Gasteiger charge is 2.05. The van der Waals surface area contributed by atoms with Crippen LogP contribution >= 0.6 is 6.72 Å². The van der Waals surface area contributed by atoms with E-state index in [9.17, 15) is 0 Å². The van der Waals surface area contributed by atoms with Gasteiger partial charge in [0.15, 0.2) is 0 Å². The Hall–Kier alpha value is 0.270. The van der Waals surface area contributed by atoms with Crippen LogP contribution in [0, 0.1) is 0 Å². The molecule has 126 valence electrons. The summed E-state index contributed by atoms with van der Waals surface area (Å²) in [6.07, 6.45) is 19.4. The van der Waals surface area contributed by atoms with Crippen molar-refractivity contribution in [1.82, 2.24) is 0 Å². The van der Waals surface area contributed by atoms with Crippen LogP contribution in [-0.4, -0.2) is 16.4 Å². The van der Waals surface area contributed by atoms with Gasteiger partial charge < -0.3 is 14.3 Å². The first-order valence-electron chi connectivity index (χ1n) is 8.41. The molecule has 0 aliphatic carbocycles. The summed E-state index contributed by atoms with van der Waals surface area (Å²) < 4.78 is 4.76. The molecule has 0 spiro atoms. The molecule has 0 fully saturated rings. The van der Waals surface area contributed by atoms with Gasteiger partial charge in [-0.3, -0.25) is 0 Å². The monoisotopic (exact) mass is 336 g/mol. The molecule has 0 radical (unpaired) electrons. The van der Waals surface area contributed by atoms with E-state index in [1.54, 1.807) is 0 Å². The first-order chi connectivity index (χ1) is 10.1. The fourth-order valence-corrected chi connectivity index (χ4v) is 2.77. The van der Waals surface area contributed by atoms with Crippen molar-refractivity contribution in [2.75, 3.05) is 6.61 Å². The van der Waals surface area contributed by atoms with E-state index in [1.165, 1.54) is 64.2 Å². The lowest BCUT2D eigenvalue weighted by atomic mass is 10.1. The lowest BCUT2D eigenvalue weighted by Crippen LogP contribution is -1.91. The van der Waals surface area contributed by atoms with Crippen LogP contribution in [-0.2, 0) is 16.3 Å². The molecule has 0 aromatic rings. The summed E-state index contributed by atoms with van der Waals surface area (Å²) in [4.78, 5) is 17.7. The molecule has 0 unspecified atom stereocenters. The third kappa shape index (κ3) is 20.3. The standard InChI is InChI=1S/C16H33O3PS/c1-2-3-4-5-6-7-8-9-10-11-12-13-14-15-16-19-20(17,18)21/h7-8H,2-6,9-16H2,1H3,(H2,17,18,21). The second kappa shape index (κ2) is 15.2. The normalized spacial score (nSPS) is 12.3. The van der Waals surface area contributed by atoms with Gasteiger partial charge in [0.2, 0.25) is 0 Å². The van der Waals surface area contributed by atoms with E-state index >= 15 is 0 Å². The van der Waals surface area contributed by atoms with Crippen molar-refractivity contribution >= 4 is 18.5 Å². The number of hydrogen-bond acceptors (Lipinski definition) is 2. The van der Waals surface area contributed by atoms with Crippen LogP contribution in [0.4, 0.5) is 0 Å². The van der Waals surface area contributed by atoms with E-state index in [1.807, 2.05) is 0 Å². The van der Waals surface area contributed by atoms with Crippen LogP contribution in [0.25, 0.3) is 0 Å². The van der Waals surface area contributed by atoms with Crippen LogP contribution in [0.2, 0.25) is 0 Å². The lowest BCUT2D eigenvalue weighted by molar-refractivity contribution is 0.245. The molecule has 0 saturated heterocycles. The maximum atomic E-state index is 8.87. The van der Waals surface area contributed by atoms with Gasteiger partial charge in [-0.25, -0.2) is 0 Å². The van der Waals surface area contributed by atoms with Gasteiger partial charge in [-0.2, -0.15) is 0 Å². The first kappa shape index (κ1) is 21.3. The van der Waals surface area contributed by atoms with Crippen molar-refractivity contribution in [3.05, 3.63) is 12.2 Å². The van der Waals surface area contributed by atoms with Gasteiger partial charge in [0, 0.05) is 0 Å². The molecule has 21 heavy (non-hydrogen) atoms. The SMILES string of the molecule is CCCCCCC=CCCCCCCCCOP(O)(O)=S. The Kier molecular flexibility index (Phi) is 15.4. The van der Waals surface area contributed by atoms with E-state index in [0.717, 1.165) is 12.8 Å². The Balaban J connectivity index is 3.12. The van der Waals surface area contributed by atoms with Crippen molar-refractivity contribution in [1.29, 1.82) is 0 Å². The fraction of sp³-hybridized carbons (Fsp3) is 0.875. The summed E-state index contributed by atoms with van der Waals surface area (Å²) in [7, 11) is 0. The zero-order valence-electron chi connectivity index (χ0n) is 13.5. The van der Waals surface area contributed by atoms with Crippen molar-refractivity contribution in [2.24, 2.45) is 0 Å². The van der Waals surface area contributed by atoms with Gasteiger partial charge in [0.1, 0.15) is 0 Å². The maximum Gasteiger partial charge on any atom is 0.321 e. The highest BCUT2D eigenvalue weighted by Crippen LogP contribution is 2.36. The molecule has 0 amide bonds. The Bertz CT molecular complexity index is 289. The molecule has 0 saturated carbocycles. The summed E-state index contributed by atoms with van der Waals surface area (Å²) in [6.45, 7) is -0.814. The second-order valence-electron chi connectivity index (χ2n) is 5.55. The molecule has 3 nitrogen and oxygen atoms in total. The molecule has 0 bridgehead atoms. The topological polar surface area (TPSA) is 49.7 Å². The molecule has 5 heteroatoms. The summed E-state index contributed by atoms with van der Waals surface area (Å²) >= 11 is 4.38. The molecule has 0 atom stereocenters. The second-order valence-corrected chi connectivity index (χ2v) is 8.22. The van der Waals surface area contributed by atoms with Crippen molar-refractivity contribution in [2.45, 2.75) is 84.0 Å². The average molecular weight is 336 g/mol. The minimum absolute atomic E-state index is 0.366. The smallest absolute Gasteiger partial charge is 0.321 e. The molecule has 0 aliphatic rings. The average Bonchev–Trinajstić information content (AvgIpc) is 2.42. The van der Waals surface area contributed by atoms with Gasteiger partial charge >= 0.3 is 6.72 Å². The van der Waals surface area contributed by atoms with E-state index in [-0.39, 0.29) is 0 Å². The summed E-state index contributed by atoms with van der Waals surface area (Å²) in [5, 5.41) is 0. The molecule has 0 heterocycles. The summed E-state index contributed by atoms with van der Waals surface area (Å²) in [5.41, 5.74) is 0. The molecule has 0 aromatic heterocycles. The van der Waals surface area contributed by atoms with Crippen LogP contribution in [0.5, 0.6) is 0 Å². The lowest BCUT2D eigenvalue weighted by Gasteiger charge is -2.07. The Morgan fingerprint density at radius 1 is 0.810 bits per heavy atom. The van der Waals surface area contributed by atoms with E-state index < -0.39 is 6.72 Å². The quantitative estimate of drug-likeness (QED) is 0.236. The molecular formula is C16H33O3PS. The van der Waals surface area contributed by atoms with Crippen LogP contribution in [0.3, 0.4) is 0 Å². The van der Waals surface area contributed by atoms with E-state index in [0.29, 0.717) is 6.61 Å². The first-order valence-corrected chi connectivity index (χ1v) is 11.0. The van der Waals surface area contributed by atoms with Crippen molar-refractivity contribution in [3.63, 3.8) is 0 Å². The predicted octanol–water partition coefficient (Wildman–Crippen LogP) is 5.47. The minimum Gasteiger partial charge on any atom is -0.325 e. The molecular weight excluding hydrogens is 303 g/mol. The van der Waals surface area contributed by atoms with Crippen LogP contribution in [0.15, 0.2) is 12.2 Å². The number of rotatable bonds is 15. The largest absolute Gasteiger partial charge is 0.325 e. The highest BCUT2D eigenvalue weighted by molar-refractivity contribution is 8.06. The summed E-state index contributed by atoms with van der Waals surface area (Å²) in [5.74, 6) is 0. The molecule has 0 aliphatic heterocycles. The summed E-state index contributed by atoms with van der Waals surface area (Å²) in [6, 6.07) is 0. The zero-order valence-corrected chi connectivity index (χ0v) is 15.2. The van der Waals surface area contributed by atoms with Crippen LogP contribution in [0.1, 0.15) is 84.0 Å². The van der Waals surface area contributed by atoms with Gasteiger partial charge in [-0.05, 0) is 43.9 Å². The maximum absolute atomic E-state index is 8.87. The zero-order chi connectivity index (χ0) is 15.8. The van der Waals surface area contributed by atoms with Gasteiger partial charge in [0.05, 0.1) is 6.61 Å². The van der Waals surface area contributed by atoms with E-state index in [2.05, 4.69) is 30.9 Å². The third-order valence-corrected chi connectivity index (χ3v) is 4.25. The van der Waals surface area contributed by atoms with Gasteiger partial charge in [-0.1, -0.05) is 64.0 Å².